The summed E-state index contributed by atoms with van der Waals surface area (Å²) in [5.74, 6) is 0.308. The van der Waals surface area contributed by atoms with Crippen molar-refractivity contribution < 1.29 is 14.3 Å². The first-order valence-corrected chi connectivity index (χ1v) is 6.30. The van der Waals surface area contributed by atoms with E-state index in [1.165, 1.54) is 18.4 Å². The van der Waals surface area contributed by atoms with E-state index in [2.05, 4.69) is 9.72 Å². The lowest BCUT2D eigenvalue weighted by atomic mass is 10.2. The number of carbonyl (C=O) groups excluding carboxylic acids is 1. The smallest absolute Gasteiger partial charge is 0.337 e. The van der Waals surface area contributed by atoms with Gasteiger partial charge in [0, 0.05) is 6.20 Å². The normalized spacial score (nSPS) is 10.1. The number of benzene rings is 1. The predicted octanol–water partition coefficient (Wildman–Crippen LogP) is 3.16. The van der Waals surface area contributed by atoms with Crippen LogP contribution in [0.2, 0.25) is 4.47 Å². The number of aromatic nitrogens is 1. The fourth-order valence-corrected chi connectivity index (χ4v) is 2.20. The fourth-order valence-electron chi connectivity index (χ4n) is 1.31. The molecule has 1 aromatic carbocycles. The molecule has 0 aliphatic carbocycles. The van der Waals surface area contributed by atoms with E-state index in [0.29, 0.717) is 22.4 Å². The first-order chi connectivity index (χ1) is 8.69. The molecule has 0 fully saturated rings. The van der Waals surface area contributed by atoms with Gasteiger partial charge in [-0.2, -0.15) is 0 Å². The standard InChI is InChI=1S/C12H10ClNO3S/c1-16-11(15)8-2-4-9(5-3-8)17-7-10-6-14-12(13)18-10/h2-6H,7H2,1H3. The number of carbonyl (C=O) groups is 1. The van der Waals surface area contributed by atoms with Crippen LogP contribution in [-0.4, -0.2) is 18.1 Å². The molecule has 0 spiro atoms. The van der Waals surface area contributed by atoms with Gasteiger partial charge in [-0.1, -0.05) is 11.6 Å². The average Bonchev–Trinajstić information content (AvgIpc) is 2.82. The monoisotopic (exact) mass is 283 g/mol. The molecule has 94 valence electrons. The van der Waals surface area contributed by atoms with Crippen LogP contribution in [0.5, 0.6) is 5.75 Å². The molecule has 0 unspecified atom stereocenters. The minimum absolute atomic E-state index is 0.365. The maximum Gasteiger partial charge on any atom is 0.337 e. The Hall–Kier alpha value is -1.59. The zero-order valence-corrected chi connectivity index (χ0v) is 11.1. The van der Waals surface area contributed by atoms with Crippen molar-refractivity contribution in [3.8, 4) is 5.75 Å². The molecule has 2 aromatic rings. The van der Waals surface area contributed by atoms with E-state index in [9.17, 15) is 4.79 Å². The summed E-state index contributed by atoms with van der Waals surface area (Å²) in [6, 6.07) is 6.74. The molecular weight excluding hydrogens is 274 g/mol. The Morgan fingerprint density at radius 2 is 2.11 bits per heavy atom. The van der Waals surface area contributed by atoms with E-state index >= 15 is 0 Å². The van der Waals surface area contributed by atoms with Gasteiger partial charge in [0.05, 0.1) is 17.6 Å². The van der Waals surface area contributed by atoms with Crippen LogP contribution in [-0.2, 0) is 11.3 Å². The molecule has 1 aromatic heterocycles. The number of ether oxygens (including phenoxy) is 2. The third-order valence-corrected chi connectivity index (χ3v) is 3.27. The molecule has 1 heterocycles. The predicted molar refractivity (Wildman–Crippen MR) is 69.2 cm³/mol. The molecule has 4 nitrogen and oxygen atoms in total. The molecule has 18 heavy (non-hydrogen) atoms. The minimum Gasteiger partial charge on any atom is -0.488 e. The zero-order valence-electron chi connectivity index (χ0n) is 9.55. The second kappa shape index (κ2) is 5.84. The Labute approximate surface area is 113 Å². The van der Waals surface area contributed by atoms with Gasteiger partial charge in [-0.25, -0.2) is 9.78 Å². The number of methoxy groups -OCH3 is 1. The van der Waals surface area contributed by atoms with Crippen LogP contribution in [0, 0.1) is 0 Å². The third kappa shape index (κ3) is 3.21. The number of hydrogen-bond acceptors (Lipinski definition) is 5. The minimum atomic E-state index is -0.365. The molecular formula is C12H10ClNO3S. The summed E-state index contributed by atoms with van der Waals surface area (Å²) in [6.07, 6.45) is 1.68. The van der Waals surface area contributed by atoms with Crippen molar-refractivity contribution in [3.05, 3.63) is 45.4 Å². The van der Waals surface area contributed by atoms with Crippen molar-refractivity contribution in [1.82, 2.24) is 4.98 Å². The van der Waals surface area contributed by atoms with Gasteiger partial charge in [-0.3, -0.25) is 0 Å². The summed E-state index contributed by atoms with van der Waals surface area (Å²) in [6.45, 7) is 0.405. The van der Waals surface area contributed by atoms with Crippen LogP contribution in [0.25, 0.3) is 0 Å². The van der Waals surface area contributed by atoms with Gasteiger partial charge < -0.3 is 9.47 Å². The SMILES string of the molecule is COC(=O)c1ccc(OCc2cnc(Cl)s2)cc1. The quantitative estimate of drug-likeness (QED) is 0.809. The largest absolute Gasteiger partial charge is 0.488 e. The second-order valence-corrected chi connectivity index (χ2v) is 5.08. The summed E-state index contributed by atoms with van der Waals surface area (Å²) >= 11 is 7.09. The van der Waals surface area contributed by atoms with Gasteiger partial charge in [0.25, 0.3) is 0 Å². The van der Waals surface area contributed by atoms with E-state index in [1.54, 1.807) is 30.5 Å². The van der Waals surface area contributed by atoms with Crippen LogP contribution < -0.4 is 4.74 Å². The van der Waals surface area contributed by atoms with Crippen molar-refractivity contribution >= 4 is 28.9 Å². The van der Waals surface area contributed by atoms with E-state index in [-0.39, 0.29) is 5.97 Å². The maximum atomic E-state index is 11.2. The maximum absolute atomic E-state index is 11.2. The average molecular weight is 284 g/mol. The summed E-state index contributed by atoms with van der Waals surface area (Å²) in [4.78, 5) is 16.1. The summed E-state index contributed by atoms with van der Waals surface area (Å²) < 4.78 is 10.6. The number of nitrogens with zero attached hydrogens (tertiary/aromatic N) is 1. The lowest BCUT2D eigenvalue weighted by molar-refractivity contribution is 0.0600. The fraction of sp³-hybridized carbons (Fsp3) is 0.167. The molecule has 0 atom stereocenters. The van der Waals surface area contributed by atoms with Gasteiger partial charge >= 0.3 is 5.97 Å². The Morgan fingerprint density at radius 1 is 1.39 bits per heavy atom. The van der Waals surface area contributed by atoms with Crippen molar-refractivity contribution in [2.75, 3.05) is 7.11 Å². The molecule has 0 saturated heterocycles. The molecule has 0 N–H and O–H groups in total. The van der Waals surface area contributed by atoms with Crippen LogP contribution in [0.1, 0.15) is 15.2 Å². The summed E-state index contributed by atoms with van der Waals surface area (Å²) in [5, 5.41) is 0. The Kier molecular flexibility index (Phi) is 4.17. The molecule has 6 heteroatoms. The summed E-state index contributed by atoms with van der Waals surface area (Å²) in [7, 11) is 1.35. The van der Waals surface area contributed by atoms with E-state index in [0.717, 1.165) is 4.88 Å². The van der Waals surface area contributed by atoms with Crippen LogP contribution in [0.4, 0.5) is 0 Å². The highest BCUT2D eigenvalue weighted by Crippen LogP contribution is 2.20. The lowest BCUT2D eigenvalue weighted by Gasteiger charge is -2.05. The van der Waals surface area contributed by atoms with Gasteiger partial charge in [0.1, 0.15) is 12.4 Å². The van der Waals surface area contributed by atoms with Gasteiger partial charge in [-0.05, 0) is 24.3 Å². The van der Waals surface area contributed by atoms with Crippen molar-refractivity contribution in [3.63, 3.8) is 0 Å². The Bertz CT molecular complexity index is 539. The number of rotatable bonds is 4. The molecule has 0 radical (unpaired) electrons. The Morgan fingerprint density at radius 3 is 2.67 bits per heavy atom. The zero-order chi connectivity index (χ0) is 13.0. The topological polar surface area (TPSA) is 48.4 Å². The van der Waals surface area contributed by atoms with Gasteiger partial charge in [-0.15, -0.1) is 11.3 Å². The molecule has 0 bridgehead atoms. The third-order valence-electron chi connectivity index (χ3n) is 2.18. The first kappa shape index (κ1) is 12.9. The van der Waals surface area contributed by atoms with Crippen LogP contribution in [0.15, 0.2) is 30.5 Å². The van der Waals surface area contributed by atoms with Gasteiger partial charge in [0.2, 0.25) is 0 Å². The molecule has 0 aliphatic rings. The van der Waals surface area contributed by atoms with E-state index in [4.69, 9.17) is 16.3 Å². The highest BCUT2D eigenvalue weighted by Gasteiger charge is 2.05. The number of thiazole rings is 1. The van der Waals surface area contributed by atoms with Gasteiger partial charge in [0.15, 0.2) is 4.47 Å². The molecule has 0 saturated carbocycles. The highest BCUT2D eigenvalue weighted by molar-refractivity contribution is 7.15. The van der Waals surface area contributed by atoms with E-state index in [1.807, 2.05) is 0 Å². The van der Waals surface area contributed by atoms with Crippen LogP contribution >= 0.6 is 22.9 Å². The molecule has 0 amide bonds. The van der Waals surface area contributed by atoms with Crippen molar-refractivity contribution in [1.29, 1.82) is 0 Å². The number of esters is 1. The molecule has 0 aliphatic heterocycles. The summed E-state index contributed by atoms with van der Waals surface area (Å²) in [5.41, 5.74) is 0.491. The number of hydrogen-bond donors (Lipinski definition) is 0. The number of halogens is 1. The lowest BCUT2D eigenvalue weighted by Crippen LogP contribution is -2.00. The van der Waals surface area contributed by atoms with Crippen molar-refractivity contribution in [2.45, 2.75) is 6.61 Å². The van der Waals surface area contributed by atoms with Crippen molar-refractivity contribution in [2.24, 2.45) is 0 Å². The second-order valence-electron chi connectivity index (χ2n) is 3.38. The highest BCUT2D eigenvalue weighted by atomic mass is 35.5. The van der Waals surface area contributed by atoms with E-state index < -0.39 is 0 Å². The molecule has 2 rings (SSSR count). The van der Waals surface area contributed by atoms with Crippen LogP contribution in [0.3, 0.4) is 0 Å². The Balaban J connectivity index is 1.96. The first-order valence-electron chi connectivity index (χ1n) is 5.10.